The van der Waals surface area contributed by atoms with Crippen LogP contribution >= 0.6 is 11.3 Å². The average Bonchev–Trinajstić information content (AvgIpc) is 3.31. The van der Waals surface area contributed by atoms with Crippen LogP contribution in [0.15, 0.2) is 36.4 Å². The number of rotatable bonds is 6. The van der Waals surface area contributed by atoms with Gasteiger partial charge >= 0.3 is 0 Å². The molecule has 0 bridgehead atoms. The van der Waals surface area contributed by atoms with Crippen molar-refractivity contribution in [3.63, 3.8) is 0 Å². The maximum atomic E-state index is 12.3. The molecule has 6 nitrogen and oxygen atoms in total. The number of amides is 2. The molecule has 0 radical (unpaired) electrons. The lowest BCUT2D eigenvalue weighted by Crippen LogP contribution is -2.31. The molecule has 2 heterocycles. The minimum Gasteiger partial charge on any atom is -0.384 e. The summed E-state index contributed by atoms with van der Waals surface area (Å²) in [6.07, 6.45) is 1.21. The number of primary amides is 1. The van der Waals surface area contributed by atoms with E-state index in [1.54, 1.807) is 24.5 Å². The maximum absolute atomic E-state index is 12.3. The molecular weight excluding hydrogens is 362 g/mol. The highest BCUT2D eigenvalue weighted by Crippen LogP contribution is 2.45. The fourth-order valence-corrected chi connectivity index (χ4v) is 4.93. The second kappa shape index (κ2) is 7.17. The van der Waals surface area contributed by atoms with E-state index in [4.69, 9.17) is 10.5 Å². The number of benzene rings is 1. The summed E-state index contributed by atoms with van der Waals surface area (Å²) in [6.45, 7) is 0.406. The lowest BCUT2D eigenvalue weighted by molar-refractivity contribution is -0.122. The second-order valence-corrected chi connectivity index (χ2v) is 7.89. The minimum absolute atomic E-state index is 0.0123. The number of thiophene rings is 1. The van der Waals surface area contributed by atoms with Crippen LogP contribution < -0.4 is 11.1 Å². The number of hydrogen-bond donors (Lipinski definition) is 3. The van der Waals surface area contributed by atoms with E-state index in [0.717, 1.165) is 16.6 Å². The highest BCUT2D eigenvalue weighted by Gasteiger charge is 2.35. The largest absolute Gasteiger partial charge is 0.384 e. The normalized spacial score (nSPS) is 18.6. The van der Waals surface area contributed by atoms with Gasteiger partial charge in [0, 0.05) is 24.3 Å². The van der Waals surface area contributed by atoms with Gasteiger partial charge in [0.2, 0.25) is 5.91 Å². The molecule has 140 valence electrons. The zero-order valence-corrected chi connectivity index (χ0v) is 15.8. The summed E-state index contributed by atoms with van der Waals surface area (Å²) in [5, 5.41) is 3.19. The van der Waals surface area contributed by atoms with Crippen LogP contribution in [-0.2, 0) is 16.0 Å². The van der Waals surface area contributed by atoms with Gasteiger partial charge in [0.05, 0.1) is 22.9 Å². The molecule has 27 heavy (non-hydrogen) atoms. The van der Waals surface area contributed by atoms with Crippen molar-refractivity contribution < 1.29 is 14.3 Å². The number of methoxy groups -OCH3 is 1. The van der Waals surface area contributed by atoms with Gasteiger partial charge in [-0.1, -0.05) is 24.3 Å². The summed E-state index contributed by atoms with van der Waals surface area (Å²) in [5.74, 6) is -0.310. The van der Waals surface area contributed by atoms with Crippen LogP contribution in [0.1, 0.15) is 44.9 Å². The van der Waals surface area contributed by atoms with Gasteiger partial charge in [-0.3, -0.25) is 9.59 Å². The molecule has 3 aromatic rings. The van der Waals surface area contributed by atoms with Crippen LogP contribution in [0.5, 0.6) is 0 Å². The quantitative estimate of drug-likeness (QED) is 0.610. The molecule has 7 heteroatoms. The molecule has 0 saturated heterocycles. The number of hydrogen-bond acceptors (Lipinski definition) is 4. The van der Waals surface area contributed by atoms with E-state index in [2.05, 4.69) is 28.5 Å². The molecule has 0 unspecified atom stereocenters. The molecule has 0 fully saturated rings. The summed E-state index contributed by atoms with van der Waals surface area (Å²) in [6, 6.07) is 12.0. The third-order valence-electron chi connectivity index (χ3n) is 5.04. The van der Waals surface area contributed by atoms with Gasteiger partial charge < -0.3 is 20.8 Å². The zero-order valence-electron chi connectivity index (χ0n) is 15.0. The Morgan fingerprint density at radius 2 is 2.15 bits per heavy atom. The molecule has 1 aliphatic rings. The Kier molecular flexibility index (Phi) is 4.72. The van der Waals surface area contributed by atoms with Crippen LogP contribution in [0.2, 0.25) is 0 Å². The number of fused-ring (bicyclic) bond motifs is 2. The third-order valence-corrected chi connectivity index (χ3v) is 6.25. The summed E-state index contributed by atoms with van der Waals surface area (Å²) >= 11 is 1.64. The first-order chi connectivity index (χ1) is 13.1. The van der Waals surface area contributed by atoms with E-state index < -0.39 is 5.91 Å². The van der Waals surface area contributed by atoms with Crippen LogP contribution in [0.3, 0.4) is 0 Å². The van der Waals surface area contributed by atoms with E-state index in [1.807, 2.05) is 12.1 Å². The highest BCUT2D eigenvalue weighted by molar-refractivity contribution is 7.19. The minimum atomic E-state index is -0.462. The van der Waals surface area contributed by atoms with Crippen molar-refractivity contribution in [3.8, 4) is 0 Å². The number of aromatic amines is 1. The Morgan fingerprint density at radius 3 is 2.89 bits per heavy atom. The SMILES string of the molecule is COCCC(=O)N[C@H]1c2ccccc2C[C@H]1c1cc2[nH]c(C(N)=O)cc2s1. The molecular formula is C20H21N3O3S. The number of nitrogens with two attached hydrogens (primary N) is 1. The van der Waals surface area contributed by atoms with E-state index >= 15 is 0 Å². The first kappa shape index (κ1) is 17.8. The van der Waals surface area contributed by atoms with Gasteiger partial charge in [-0.05, 0) is 29.7 Å². The Balaban J connectivity index is 1.64. The van der Waals surface area contributed by atoms with E-state index in [-0.39, 0.29) is 17.9 Å². The van der Waals surface area contributed by atoms with Crippen molar-refractivity contribution >= 4 is 33.4 Å². The first-order valence-electron chi connectivity index (χ1n) is 8.85. The van der Waals surface area contributed by atoms with Gasteiger partial charge in [0.25, 0.3) is 5.91 Å². The topological polar surface area (TPSA) is 97.2 Å². The van der Waals surface area contributed by atoms with E-state index in [0.29, 0.717) is 18.7 Å². The van der Waals surface area contributed by atoms with Crippen LogP contribution in [0.4, 0.5) is 0 Å². The van der Waals surface area contributed by atoms with E-state index in [9.17, 15) is 9.59 Å². The Labute approximate surface area is 160 Å². The van der Waals surface area contributed by atoms with Crippen molar-refractivity contribution in [2.24, 2.45) is 5.73 Å². The Bertz CT molecular complexity index is 975. The lowest BCUT2D eigenvalue weighted by Gasteiger charge is -2.21. The monoisotopic (exact) mass is 383 g/mol. The van der Waals surface area contributed by atoms with Crippen molar-refractivity contribution in [2.75, 3.05) is 13.7 Å². The van der Waals surface area contributed by atoms with Crippen molar-refractivity contribution in [1.29, 1.82) is 0 Å². The third kappa shape index (κ3) is 3.36. The van der Waals surface area contributed by atoms with Gasteiger partial charge in [-0.2, -0.15) is 0 Å². The van der Waals surface area contributed by atoms with Crippen LogP contribution in [0.25, 0.3) is 10.2 Å². The van der Waals surface area contributed by atoms with Gasteiger partial charge in [-0.15, -0.1) is 11.3 Å². The zero-order chi connectivity index (χ0) is 19.0. The number of carbonyl (C=O) groups is 2. The van der Waals surface area contributed by atoms with E-state index in [1.165, 1.54) is 16.0 Å². The predicted molar refractivity (Wildman–Crippen MR) is 105 cm³/mol. The Morgan fingerprint density at radius 1 is 1.33 bits per heavy atom. The van der Waals surface area contributed by atoms with Gasteiger partial charge in [0.1, 0.15) is 5.69 Å². The summed E-state index contributed by atoms with van der Waals surface area (Å²) in [7, 11) is 1.59. The maximum Gasteiger partial charge on any atom is 0.265 e. The molecule has 0 saturated carbocycles. The lowest BCUT2D eigenvalue weighted by atomic mass is 9.98. The number of nitrogens with one attached hydrogen (secondary N) is 2. The molecule has 1 aromatic carbocycles. The molecule has 1 aliphatic carbocycles. The number of H-pyrrole nitrogens is 1. The highest BCUT2D eigenvalue weighted by atomic mass is 32.1. The number of carbonyl (C=O) groups excluding carboxylic acids is 2. The summed E-state index contributed by atoms with van der Waals surface area (Å²) in [5.41, 5.74) is 9.10. The molecule has 4 N–H and O–H groups in total. The predicted octanol–water partition coefficient (Wildman–Crippen LogP) is 2.86. The standard InChI is InChI=1S/C20H21N3O3S/c1-26-7-6-18(24)23-19-12-5-3-2-4-11(12)8-13(19)16-9-14-17(27-16)10-15(22-14)20(21)25/h2-5,9-10,13,19,22H,6-8H2,1H3,(H2,21,25)(H,23,24)/t13-,19-/m0/s1. The molecule has 2 aromatic heterocycles. The second-order valence-electron chi connectivity index (χ2n) is 6.77. The smallest absolute Gasteiger partial charge is 0.265 e. The summed E-state index contributed by atoms with van der Waals surface area (Å²) in [4.78, 5) is 28.0. The molecule has 2 amide bonds. The average molecular weight is 383 g/mol. The van der Waals surface area contributed by atoms with Crippen LogP contribution in [-0.4, -0.2) is 30.5 Å². The fourth-order valence-electron chi connectivity index (χ4n) is 3.74. The van der Waals surface area contributed by atoms with Gasteiger partial charge in [-0.25, -0.2) is 0 Å². The van der Waals surface area contributed by atoms with Gasteiger partial charge in [0.15, 0.2) is 0 Å². The van der Waals surface area contributed by atoms with Crippen molar-refractivity contribution in [1.82, 2.24) is 10.3 Å². The molecule has 4 rings (SSSR count). The molecule has 0 aliphatic heterocycles. The fraction of sp³-hybridized carbons (Fsp3) is 0.300. The van der Waals surface area contributed by atoms with Crippen molar-refractivity contribution in [2.45, 2.75) is 24.8 Å². The molecule has 0 spiro atoms. The summed E-state index contributed by atoms with van der Waals surface area (Å²) < 4.78 is 6.02. The first-order valence-corrected chi connectivity index (χ1v) is 9.67. The Hall–Kier alpha value is -2.64. The molecule has 2 atom stereocenters. The van der Waals surface area contributed by atoms with Crippen LogP contribution in [0, 0.1) is 0 Å². The van der Waals surface area contributed by atoms with Crippen molar-refractivity contribution in [3.05, 3.63) is 58.1 Å². The number of aromatic nitrogens is 1. The number of ether oxygens (including phenoxy) is 1.